The van der Waals surface area contributed by atoms with Gasteiger partial charge in [0.2, 0.25) is 11.7 Å². The molecule has 0 saturated carbocycles. The van der Waals surface area contributed by atoms with Gasteiger partial charge in [0.1, 0.15) is 0 Å². The van der Waals surface area contributed by atoms with Gasteiger partial charge in [-0.15, -0.1) is 0 Å². The van der Waals surface area contributed by atoms with E-state index in [-0.39, 0.29) is 24.7 Å². The number of carbonyl (C=O) groups excluding carboxylic acids is 3. The number of hydrogen-bond acceptors (Lipinski definition) is 4. The molecule has 3 rings (SSSR count). The normalized spacial score (nSPS) is 17.7. The molecule has 1 aliphatic rings. The van der Waals surface area contributed by atoms with Gasteiger partial charge in [0.25, 0.3) is 0 Å². The summed E-state index contributed by atoms with van der Waals surface area (Å²) in [5, 5.41) is 0. The number of rotatable bonds is 5. The number of amides is 1. The summed E-state index contributed by atoms with van der Waals surface area (Å²) in [6.45, 7) is 5.74. The standard InChI is InChI=1S/C22H23NO4/c1-14-9-10-15(2)19(11-14)23-13-18(12-20(23)24)22(26)27-16(3)21(25)17-7-5-4-6-8-17/h4-11,16,18H,12-13H2,1-3H3/t16-,18-/m0/s1. The minimum Gasteiger partial charge on any atom is -0.454 e. The molecule has 0 radical (unpaired) electrons. The molecular weight excluding hydrogens is 342 g/mol. The van der Waals surface area contributed by atoms with Crippen LogP contribution < -0.4 is 4.90 Å². The number of benzene rings is 2. The van der Waals surface area contributed by atoms with Gasteiger partial charge in [-0.2, -0.15) is 0 Å². The van der Waals surface area contributed by atoms with Gasteiger partial charge in [0.15, 0.2) is 6.10 Å². The van der Waals surface area contributed by atoms with Crippen LogP contribution in [0.4, 0.5) is 5.69 Å². The maximum atomic E-state index is 12.5. The second-order valence-corrected chi connectivity index (χ2v) is 7.00. The number of Topliss-reactive ketones (excluding diaryl/α,β-unsaturated/α-hetero) is 1. The minimum absolute atomic E-state index is 0.0957. The molecule has 0 bridgehead atoms. The van der Waals surface area contributed by atoms with Crippen LogP contribution in [0.15, 0.2) is 48.5 Å². The molecule has 0 aromatic heterocycles. The number of ketones is 1. The van der Waals surface area contributed by atoms with Crippen LogP contribution in [0.3, 0.4) is 0 Å². The molecule has 5 heteroatoms. The van der Waals surface area contributed by atoms with Crippen molar-refractivity contribution < 1.29 is 19.1 Å². The van der Waals surface area contributed by atoms with Crippen molar-refractivity contribution in [1.82, 2.24) is 0 Å². The Bertz CT molecular complexity index is 875. The SMILES string of the molecule is Cc1ccc(C)c(N2C[C@@H](C(=O)O[C@@H](C)C(=O)c3ccccc3)CC2=O)c1. The summed E-state index contributed by atoms with van der Waals surface area (Å²) in [5.74, 6) is -1.43. The highest BCUT2D eigenvalue weighted by Gasteiger charge is 2.37. The first-order chi connectivity index (χ1) is 12.9. The molecule has 1 amide bonds. The van der Waals surface area contributed by atoms with Gasteiger partial charge in [-0.25, -0.2) is 0 Å². The fourth-order valence-electron chi connectivity index (χ4n) is 3.27. The zero-order chi connectivity index (χ0) is 19.6. The van der Waals surface area contributed by atoms with Crippen LogP contribution in [-0.4, -0.2) is 30.3 Å². The van der Waals surface area contributed by atoms with E-state index in [1.54, 1.807) is 36.1 Å². The van der Waals surface area contributed by atoms with Crippen LogP contribution in [0.25, 0.3) is 0 Å². The van der Waals surface area contributed by atoms with Crippen LogP contribution in [0.5, 0.6) is 0 Å². The summed E-state index contributed by atoms with van der Waals surface area (Å²) < 4.78 is 5.37. The van der Waals surface area contributed by atoms with Crippen LogP contribution in [-0.2, 0) is 14.3 Å². The summed E-state index contributed by atoms with van der Waals surface area (Å²) in [4.78, 5) is 39.0. The maximum Gasteiger partial charge on any atom is 0.312 e. The Morgan fingerprint density at radius 1 is 1.11 bits per heavy atom. The van der Waals surface area contributed by atoms with Gasteiger partial charge >= 0.3 is 5.97 Å². The zero-order valence-corrected chi connectivity index (χ0v) is 15.8. The van der Waals surface area contributed by atoms with Crippen LogP contribution >= 0.6 is 0 Å². The predicted octanol–water partition coefficient (Wildman–Crippen LogP) is 3.47. The van der Waals surface area contributed by atoms with E-state index >= 15 is 0 Å². The quantitative estimate of drug-likeness (QED) is 0.601. The Morgan fingerprint density at radius 3 is 2.52 bits per heavy atom. The molecule has 140 valence electrons. The lowest BCUT2D eigenvalue weighted by Crippen LogP contribution is -2.30. The maximum absolute atomic E-state index is 12.5. The molecule has 2 aromatic rings. The van der Waals surface area contributed by atoms with Crippen molar-refractivity contribution in [1.29, 1.82) is 0 Å². The van der Waals surface area contributed by atoms with Gasteiger partial charge in [-0.1, -0.05) is 42.5 Å². The third-order valence-corrected chi connectivity index (χ3v) is 4.83. The van der Waals surface area contributed by atoms with Gasteiger partial charge in [-0.05, 0) is 38.0 Å². The Kier molecular flexibility index (Phi) is 5.40. The average molecular weight is 365 g/mol. The molecule has 1 heterocycles. The number of carbonyl (C=O) groups is 3. The highest BCUT2D eigenvalue weighted by molar-refractivity contribution is 6.02. The minimum atomic E-state index is -0.884. The smallest absolute Gasteiger partial charge is 0.312 e. The van der Waals surface area contributed by atoms with E-state index in [0.29, 0.717) is 5.56 Å². The summed E-state index contributed by atoms with van der Waals surface area (Å²) in [6, 6.07) is 14.6. The highest BCUT2D eigenvalue weighted by atomic mass is 16.5. The van der Waals surface area contributed by atoms with Crippen molar-refractivity contribution in [3.05, 3.63) is 65.2 Å². The topological polar surface area (TPSA) is 63.7 Å². The zero-order valence-electron chi connectivity index (χ0n) is 15.8. The van der Waals surface area contributed by atoms with Crippen molar-refractivity contribution in [3.8, 4) is 0 Å². The van der Waals surface area contributed by atoms with E-state index in [2.05, 4.69) is 0 Å². The Hall–Kier alpha value is -2.95. The van der Waals surface area contributed by atoms with Crippen LogP contribution in [0.1, 0.15) is 34.8 Å². The molecular formula is C22H23NO4. The molecule has 0 aliphatic carbocycles. The average Bonchev–Trinajstić information content (AvgIpc) is 3.05. The van der Waals surface area contributed by atoms with E-state index in [1.165, 1.54) is 0 Å². The first-order valence-corrected chi connectivity index (χ1v) is 9.04. The number of hydrogen-bond donors (Lipinski definition) is 0. The largest absolute Gasteiger partial charge is 0.454 e. The molecule has 27 heavy (non-hydrogen) atoms. The van der Waals surface area contributed by atoms with Crippen LogP contribution in [0, 0.1) is 19.8 Å². The highest BCUT2D eigenvalue weighted by Crippen LogP contribution is 2.29. The summed E-state index contributed by atoms with van der Waals surface area (Å²) in [5.41, 5.74) is 3.35. The van der Waals surface area contributed by atoms with Gasteiger partial charge < -0.3 is 9.64 Å². The Morgan fingerprint density at radius 2 is 1.81 bits per heavy atom. The van der Waals surface area contributed by atoms with Crippen molar-refractivity contribution in [3.63, 3.8) is 0 Å². The van der Waals surface area contributed by atoms with Crippen molar-refractivity contribution in [2.75, 3.05) is 11.4 Å². The van der Waals surface area contributed by atoms with Gasteiger partial charge in [0, 0.05) is 24.2 Å². The molecule has 1 fully saturated rings. The lowest BCUT2D eigenvalue weighted by atomic mass is 10.1. The first kappa shape index (κ1) is 18.8. The lowest BCUT2D eigenvalue weighted by Gasteiger charge is -2.20. The second-order valence-electron chi connectivity index (χ2n) is 7.00. The first-order valence-electron chi connectivity index (χ1n) is 9.04. The fraction of sp³-hybridized carbons (Fsp3) is 0.318. The van der Waals surface area contributed by atoms with E-state index in [4.69, 9.17) is 4.74 Å². The summed E-state index contributed by atoms with van der Waals surface area (Å²) >= 11 is 0. The second kappa shape index (κ2) is 7.74. The third-order valence-electron chi connectivity index (χ3n) is 4.83. The number of esters is 1. The summed E-state index contributed by atoms with van der Waals surface area (Å²) in [7, 11) is 0. The molecule has 2 atom stereocenters. The van der Waals surface area contributed by atoms with E-state index in [0.717, 1.165) is 16.8 Å². The Balaban J connectivity index is 1.67. The van der Waals surface area contributed by atoms with Crippen LogP contribution in [0.2, 0.25) is 0 Å². The third kappa shape index (κ3) is 4.08. The monoisotopic (exact) mass is 365 g/mol. The lowest BCUT2D eigenvalue weighted by molar-refractivity contribution is -0.151. The van der Waals surface area contributed by atoms with Crippen molar-refractivity contribution in [2.45, 2.75) is 33.3 Å². The summed E-state index contributed by atoms with van der Waals surface area (Å²) in [6.07, 6.45) is -0.789. The van der Waals surface area contributed by atoms with Gasteiger partial charge in [0.05, 0.1) is 5.92 Å². The fourth-order valence-corrected chi connectivity index (χ4v) is 3.27. The Labute approximate surface area is 158 Å². The molecule has 0 unspecified atom stereocenters. The molecule has 0 N–H and O–H groups in total. The number of anilines is 1. The van der Waals surface area contributed by atoms with E-state index < -0.39 is 18.0 Å². The van der Waals surface area contributed by atoms with Crippen molar-refractivity contribution in [2.24, 2.45) is 5.92 Å². The number of nitrogens with zero attached hydrogens (tertiary/aromatic N) is 1. The van der Waals surface area contributed by atoms with E-state index in [1.807, 2.05) is 38.1 Å². The molecule has 5 nitrogen and oxygen atoms in total. The van der Waals surface area contributed by atoms with Crippen molar-refractivity contribution >= 4 is 23.3 Å². The van der Waals surface area contributed by atoms with E-state index in [9.17, 15) is 14.4 Å². The predicted molar refractivity (Wildman–Crippen MR) is 103 cm³/mol. The number of aryl methyl sites for hydroxylation is 2. The van der Waals surface area contributed by atoms with Gasteiger partial charge in [-0.3, -0.25) is 14.4 Å². The molecule has 2 aromatic carbocycles. The number of ether oxygens (including phenoxy) is 1. The molecule has 1 saturated heterocycles. The molecule has 0 spiro atoms. The molecule has 1 aliphatic heterocycles.